The van der Waals surface area contributed by atoms with Gasteiger partial charge in [-0.15, -0.1) is 0 Å². The number of hydrogen-bond donors (Lipinski definition) is 2. The molecule has 1 aromatic rings. The van der Waals surface area contributed by atoms with Gasteiger partial charge in [-0.25, -0.2) is 0 Å². The van der Waals surface area contributed by atoms with Gasteiger partial charge in [0.25, 0.3) is 0 Å². The second-order valence-electron chi connectivity index (χ2n) is 4.11. The van der Waals surface area contributed by atoms with Gasteiger partial charge in [0.15, 0.2) is 0 Å². The molecule has 1 amide bonds. The van der Waals surface area contributed by atoms with E-state index in [1.807, 2.05) is 13.8 Å². The summed E-state index contributed by atoms with van der Waals surface area (Å²) >= 11 is 5.88. The lowest BCUT2D eigenvalue weighted by Crippen LogP contribution is -2.39. The summed E-state index contributed by atoms with van der Waals surface area (Å²) in [5.41, 5.74) is 6.36. The molecule has 0 aliphatic rings. The van der Waals surface area contributed by atoms with E-state index in [0.29, 0.717) is 16.5 Å². The Hall–Kier alpha value is -1.26. The molecule has 94 valence electrons. The van der Waals surface area contributed by atoms with Gasteiger partial charge >= 0.3 is 0 Å². The predicted molar refractivity (Wildman–Crippen MR) is 69.4 cm³/mol. The third-order valence-electron chi connectivity index (χ3n) is 2.44. The van der Waals surface area contributed by atoms with Gasteiger partial charge in [-0.2, -0.15) is 0 Å². The van der Waals surface area contributed by atoms with Crippen molar-refractivity contribution in [3.63, 3.8) is 0 Å². The molecule has 3 N–H and O–H groups in total. The number of methoxy groups -OCH3 is 1. The first kappa shape index (κ1) is 13.8. The average Bonchev–Trinajstić information content (AvgIpc) is 2.30. The van der Waals surface area contributed by atoms with E-state index in [1.54, 1.807) is 18.2 Å². The first-order valence-electron chi connectivity index (χ1n) is 5.35. The van der Waals surface area contributed by atoms with Crippen molar-refractivity contribution in [2.24, 2.45) is 11.7 Å². The van der Waals surface area contributed by atoms with Crippen molar-refractivity contribution in [2.45, 2.75) is 19.9 Å². The molecule has 0 spiro atoms. The van der Waals surface area contributed by atoms with E-state index in [0.717, 1.165) is 0 Å². The number of carbonyl (C=O) groups is 1. The Kier molecular flexibility index (Phi) is 4.78. The van der Waals surface area contributed by atoms with Crippen molar-refractivity contribution in [1.29, 1.82) is 0 Å². The van der Waals surface area contributed by atoms with Gasteiger partial charge in [0.2, 0.25) is 5.91 Å². The smallest absolute Gasteiger partial charge is 0.241 e. The van der Waals surface area contributed by atoms with Gasteiger partial charge in [-0.05, 0) is 18.1 Å². The number of carbonyl (C=O) groups excluding carboxylic acids is 1. The number of nitrogens with two attached hydrogens (primary N) is 1. The molecule has 0 fully saturated rings. The van der Waals surface area contributed by atoms with Gasteiger partial charge in [0, 0.05) is 11.8 Å². The van der Waals surface area contributed by atoms with Crippen LogP contribution in [0.2, 0.25) is 5.02 Å². The van der Waals surface area contributed by atoms with Gasteiger partial charge in [0.05, 0.1) is 18.2 Å². The van der Waals surface area contributed by atoms with Crippen LogP contribution in [0, 0.1) is 5.92 Å². The first-order valence-corrected chi connectivity index (χ1v) is 5.73. The van der Waals surface area contributed by atoms with Crippen LogP contribution in [0.5, 0.6) is 5.75 Å². The van der Waals surface area contributed by atoms with Crippen LogP contribution in [0.4, 0.5) is 5.69 Å². The molecule has 1 atom stereocenters. The largest absolute Gasteiger partial charge is 0.495 e. The molecular weight excluding hydrogens is 240 g/mol. The molecule has 0 unspecified atom stereocenters. The van der Waals surface area contributed by atoms with Crippen molar-refractivity contribution in [2.75, 3.05) is 12.4 Å². The van der Waals surface area contributed by atoms with Gasteiger partial charge in [0.1, 0.15) is 5.75 Å². The Bertz CT molecular complexity index is 407. The highest BCUT2D eigenvalue weighted by atomic mass is 35.5. The summed E-state index contributed by atoms with van der Waals surface area (Å²) in [4.78, 5) is 11.7. The number of amides is 1. The van der Waals surface area contributed by atoms with Crippen LogP contribution in [0.15, 0.2) is 18.2 Å². The average molecular weight is 257 g/mol. The van der Waals surface area contributed by atoms with Crippen molar-refractivity contribution in [3.8, 4) is 5.75 Å². The summed E-state index contributed by atoms with van der Waals surface area (Å²) in [6.45, 7) is 3.79. The maximum absolute atomic E-state index is 11.7. The quantitative estimate of drug-likeness (QED) is 0.869. The normalized spacial score (nSPS) is 12.4. The molecule has 1 aromatic carbocycles. The van der Waals surface area contributed by atoms with E-state index in [1.165, 1.54) is 7.11 Å². The lowest BCUT2D eigenvalue weighted by atomic mass is 10.0. The van der Waals surface area contributed by atoms with Crippen LogP contribution in [0.3, 0.4) is 0 Å². The molecule has 5 heteroatoms. The zero-order valence-electron chi connectivity index (χ0n) is 10.2. The molecule has 1 rings (SSSR count). The number of halogens is 1. The Morgan fingerprint density at radius 2 is 2.12 bits per heavy atom. The summed E-state index contributed by atoms with van der Waals surface area (Å²) in [7, 11) is 1.52. The zero-order chi connectivity index (χ0) is 13.0. The monoisotopic (exact) mass is 256 g/mol. The molecule has 0 aliphatic carbocycles. The van der Waals surface area contributed by atoms with Crippen LogP contribution < -0.4 is 15.8 Å². The maximum Gasteiger partial charge on any atom is 0.241 e. The Labute approximate surface area is 106 Å². The van der Waals surface area contributed by atoms with Crippen molar-refractivity contribution < 1.29 is 9.53 Å². The van der Waals surface area contributed by atoms with Gasteiger partial charge in [-0.1, -0.05) is 25.4 Å². The minimum Gasteiger partial charge on any atom is -0.495 e. The molecule has 0 radical (unpaired) electrons. The number of hydrogen-bond acceptors (Lipinski definition) is 3. The SMILES string of the molecule is COc1cc(NC(=O)[C@H](N)C(C)C)ccc1Cl. The molecule has 0 aromatic heterocycles. The summed E-state index contributed by atoms with van der Waals surface area (Å²) in [6.07, 6.45) is 0. The molecule has 0 heterocycles. The zero-order valence-corrected chi connectivity index (χ0v) is 10.9. The van der Waals surface area contributed by atoms with E-state index in [9.17, 15) is 4.79 Å². The van der Waals surface area contributed by atoms with Gasteiger partial charge in [-0.3, -0.25) is 4.79 Å². The maximum atomic E-state index is 11.7. The molecule has 17 heavy (non-hydrogen) atoms. The molecule has 4 nitrogen and oxygen atoms in total. The molecule has 0 saturated heterocycles. The molecular formula is C12H17ClN2O2. The highest BCUT2D eigenvalue weighted by Crippen LogP contribution is 2.27. The lowest BCUT2D eigenvalue weighted by Gasteiger charge is -2.15. The van der Waals surface area contributed by atoms with Crippen molar-refractivity contribution in [3.05, 3.63) is 23.2 Å². The minimum atomic E-state index is -0.531. The van der Waals surface area contributed by atoms with Crippen molar-refractivity contribution >= 4 is 23.2 Å². The second-order valence-corrected chi connectivity index (χ2v) is 4.52. The van der Waals surface area contributed by atoms with Crippen LogP contribution in [-0.4, -0.2) is 19.1 Å². The van der Waals surface area contributed by atoms with E-state index in [-0.39, 0.29) is 11.8 Å². The van der Waals surface area contributed by atoms with E-state index < -0.39 is 6.04 Å². The number of ether oxygens (including phenoxy) is 1. The standard InChI is InChI=1S/C12H17ClN2O2/c1-7(2)11(14)12(16)15-8-4-5-9(13)10(6-8)17-3/h4-7,11H,14H2,1-3H3,(H,15,16)/t11-/m1/s1. The fraction of sp³-hybridized carbons (Fsp3) is 0.417. The minimum absolute atomic E-state index is 0.0872. The molecule has 0 saturated carbocycles. The highest BCUT2D eigenvalue weighted by Gasteiger charge is 2.17. The third-order valence-corrected chi connectivity index (χ3v) is 2.75. The van der Waals surface area contributed by atoms with Crippen LogP contribution >= 0.6 is 11.6 Å². The van der Waals surface area contributed by atoms with Gasteiger partial charge < -0.3 is 15.8 Å². The fourth-order valence-corrected chi connectivity index (χ4v) is 1.46. The fourth-order valence-electron chi connectivity index (χ4n) is 1.27. The second kappa shape index (κ2) is 5.89. The highest BCUT2D eigenvalue weighted by molar-refractivity contribution is 6.32. The third kappa shape index (κ3) is 3.61. The first-order chi connectivity index (χ1) is 7.95. The summed E-state index contributed by atoms with van der Waals surface area (Å²) in [5, 5.41) is 3.22. The van der Waals surface area contributed by atoms with Crippen LogP contribution in [-0.2, 0) is 4.79 Å². The van der Waals surface area contributed by atoms with Crippen molar-refractivity contribution in [1.82, 2.24) is 0 Å². The van der Waals surface area contributed by atoms with E-state index >= 15 is 0 Å². The van der Waals surface area contributed by atoms with Crippen LogP contribution in [0.25, 0.3) is 0 Å². The number of nitrogens with one attached hydrogen (secondary N) is 1. The Morgan fingerprint density at radius 1 is 1.47 bits per heavy atom. The van der Waals surface area contributed by atoms with E-state index in [4.69, 9.17) is 22.1 Å². The van der Waals surface area contributed by atoms with E-state index in [2.05, 4.69) is 5.32 Å². The topological polar surface area (TPSA) is 64.3 Å². The Balaban J connectivity index is 2.78. The predicted octanol–water partition coefficient (Wildman–Crippen LogP) is 2.27. The lowest BCUT2D eigenvalue weighted by molar-refractivity contribution is -0.118. The number of anilines is 1. The summed E-state index contributed by atoms with van der Waals surface area (Å²) in [5.74, 6) is 0.385. The molecule has 0 aliphatic heterocycles. The number of rotatable bonds is 4. The Morgan fingerprint density at radius 3 is 2.65 bits per heavy atom. The molecule has 0 bridgehead atoms. The van der Waals surface area contributed by atoms with Crippen LogP contribution in [0.1, 0.15) is 13.8 Å². The summed E-state index contributed by atoms with van der Waals surface area (Å²) in [6, 6.07) is 4.50. The summed E-state index contributed by atoms with van der Waals surface area (Å²) < 4.78 is 5.06. The number of benzene rings is 1.